The smallest absolute Gasteiger partial charge is 0.143 e. The van der Waals surface area contributed by atoms with Gasteiger partial charge in [-0.2, -0.15) is 0 Å². The van der Waals surface area contributed by atoms with Gasteiger partial charge in [0.05, 0.1) is 16.7 Å². The molecule has 2 aromatic heterocycles. The molecule has 0 aliphatic rings. The van der Waals surface area contributed by atoms with Crippen molar-refractivity contribution in [2.75, 3.05) is 4.90 Å². The summed E-state index contributed by atoms with van der Waals surface area (Å²) >= 11 is 0. The lowest BCUT2D eigenvalue weighted by Gasteiger charge is -2.27. The molecule has 0 fully saturated rings. The second kappa shape index (κ2) is 14.3. The molecule has 286 valence electrons. The lowest BCUT2D eigenvalue weighted by molar-refractivity contribution is 0.670. The van der Waals surface area contributed by atoms with Crippen molar-refractivity contribution in [1.29, 1.82) is 0 Å². The molecule has 12 aromatic rings. The number of rotatable bonds is 7. The van der Waals surface area contributed by atoms with Crippen molar-refractivity contribution >= 4 is 71.6 Å². The maximum atomic E-state index is 6.94. The number of aromatic nitrogens is 1. The van der Waals surface area contributed by atoms with E-state index >= 15 is 0 Å². The van der Waals surface area contributed by atoms with Gasteiger partial charge < -0.3 is 13.9 Å². The van der Waals surface area contributed by atoms with E-state index in [1.54, 1.807) is 0 Å². The number of benzene rings is 10. The first kappa shape index (κ1) is 34.9. The molecule has 12 rings (SSSR count). The molecule has 0 atom stereocenters. The largest absolute Gasteiger partial charge is 0.455 e. The highest BCUT2D eigenvalue weighted by Gasteiger charge is 2.22. The summed E-state index contributed by atoms with van der Waals surface area (Å²) in [7, 11) is 0. The summed E-state index contributed by atoms with van der Waals surface area (Å²) in [6.07, 6.45) is 0. The Morgan fingerprint density at radius 2 is 0.869 bits per heavy atom. The molecule has 0 amide bonds. The molecule has 10 aromatic carbocycles. The van der Waals surface area contributed by atoms with Crippen LogP contribution in [0.4, 0.5) is 17.1 Å². The van der Waals surface area contributed by atoms with Crippen molar-refractivity contribution in [2.24, 2.45) is 0 Å². The summed E-state index contributed by atoms with van der Waals surface area (Å²) in [5.74, 6) is 0. The van der Waals surface area contributed by atoms with E-state index in [1.807, 2.05) is 0 Å². The minimum Gasteiger partial charge on any atom is -0.455 e. The zero-order chi connectivity index (χ0) is 40.3. The fraction of sp³-hybridized carbons (Fsp3) is 0. The van der Waals surface area contributed by atoms with Gasteiger partial charge in [0.1, 0.15) is 11.2 Å². The van der Waals surface area contributed by atoms with E-state index in [0.717, 1.165) is 66.6 Å². The molecule has 61 heavy (non-hydrogen) atoms. The molecule has 0 spiro atoms. The number of fused-ring (bicyclic) bond motifs is 8. The quantitative estimate of drug-likeness (QED) is 0.161. The van der Waals surface area contributed by atoms with E-state index in [4.69, 9.17) is 4.42 Å². The third-order valence-corrected chi connectivity index (χ3v) is 12.2. The summed E-state index contributed by atoms with van der Waals surface area (Å²) in [6.45, 7) is 0. The highest BCUT2D eigenvalue weighted by Crippen LogP contribution is 2.46. The first-order chi connectivity index (χ1) is 30.3. The van der Waals surface area contributed by atoms with Crippen LogP contribution in [0.2, 0.25) is 0 Å². The molecule has 3 heteroatoms. The molecule has 0 saturated heterocycles. The van der Waals surface area contributed by atoms with Crippen LogP contribution >= 0.6 is 0 Å². The van der Waals surface area contributed by atoms with E-state index in [9.17, 15) is 0 Å². The predicted octanol–water partition coefficient (Wildman–Crippen LogP) is 16.3. The second-order valence-electron chi connectivity index (χ2n) is 15.6. The first-order valence-electron chi connectivity index (χ1n) is 20.8. The van der Waals surface area contributed by atoms with Gasteiger partial charge in [-0.25, -0.2) is 0 Å². The highest BCUT2D eigenvalue weighted by atomic mass is 16.3. The van der Waals surface area contributed by atoms with E-state index in [2.05, 4.69) is 240 Å². The second-order valence-corrected chi connectivity index (χ2v) is 15.6. The Morgan fingerprint density at radius 3 is 1.62 bits per heavy atom. The Balaban J connectivity index is 0.994. The van der Waals surface area contributed by atoms with Gasteiger partial charge in [-0.3, -0.25) is 0 Å². The standard InChI is InChI=1S/C58H38N2O/c1-4-15-39(16-5-1)40-29-31-41(32-30-40)42-33-35-45(36-34-42)59(43-17-6-2-7-18-43)52-27-13-22-47-46(52)37-38-55-57(47)51-25-12-24-49(58(51)61-55)48-23-14-28-54-56(48)50-21-10-11-26-53(50)60(54)44-19-8-3-9-20-44/h1-38H. The summed E-state index contributed by atoms with van der Waals surface area (Å²) in [5.41, 5.74) is 15.6. The zero-order valence-corrected chi connectivity index (χ0v) is 33.2. The van der Waals surface area contributed by atoms with Crippen molar-refractivity contribution in [3.8, 4) is 39.1 Å². The minimum absolute atomic E-state index is 0.875. The maximum absolute atomic E-state index is 6.94. The van der Waals surface area contributed by atoms with Crippen LogP contribution in [0.1, 0.15) is 0 Å². The maximum Gasteiger partial charge on any atom is 0.143 e. The Hall–Kier alpha value is -8.14. The first-order valence-corrected chi connectivity index (χ1v) is 20.8. The molecular formula is C58H38N2O. The van der Waals surface area contributed by atoms with Crippen LogP contribution in [0.15, 0.2) is 235 Å². The van der Waals surface area contributed by atoms with E-state index < -0.39 is 0 Å². The summed E-state index contributed by atoms with van der Waals surface area (Å²) < 4.78 is 9.31. The Kier molecular flexibility index (Phi) is 8.17. The van der Waals surface area contributed by atoms with Crippen LogP contribution in [0, 0.1) is 0 Å². The monoisotopic (exact) mass is 778 g/mol. The minimum atomic E-state index is 0.875. The Morgan fingerprint density at radius 1 is 0.328 bits per heavy atom. The molecule has 2 heterocycles. The molecule has 0 saturated carbocycles. The summed E-state index contributed by atoms with van der Waals surface area (Å²) in [6, 6.07) is 82.6. The summed E-state index contributed by atoms with van der Waals surface area (Å²) in [5, 5.41) is 6.97. The van der Waals surface area contributed by atoms with E-state index in [0.29, 0.717) is 0 Å². The molecular weight excluding hydrogens is 741 g/mol. The SMILES string of the molecule is c1ccc(-c2ccc(-c3ccc(N(c4ccccc4)c4cccc5c4ccc4oc6c(-c7cccc8c7c7ccccc7n8-c7ccccc7)cccc6c45)cc3)cc2)cc1. The van der Waals surface area contributed by atoms with Crippen LogP contribution in [0.3, 0.4) is 0 Å². The van der Waals surface area contributed by atoms with Gasteiger partial charge in [0.2, 0.25) is 0 Å². The number of hydrogen-bond acceptors (Lipinski definition) is 2. The average molecular weight is 779 g/mol. The van der Waals surface area contributed by atoms with Crippen LogP contribution < -0.4 is 4.90 Å². The van der Waals surface area contributed by atoms with E-state index in [1.165, 1.54) is 44.1 Å². The lowest BCUT2D eigenvalue weighted by Crippen LogP contribution is -2.10. The van der Waals surface area contributed by atoms with Gasteiger partial charge in [-0.1, -0.05) is 164 Å². The summed E-state index contributed by atoms with van der Waals surface area (Å²) in [4.78, 5) is 2.37. The number of para-hydroxylation sites is 4. The van der Waals surface area contributed by atoms with Crippen LogP contribution in [-0.2, 0) is 0 Å². The van der Waals surface area contributed by atoms with Gasteiger partial charge >= 0.3 is 0 Å². The van der Waals surface area contributed by atoms with Crippen molar-refractivity contribution in [3.05, 3.63) is 231 Å². The third kappa shape index (κ3) is 5.74. The van der Waals surface area contributed by atoms with Crippen molar-refractivity contribution < 1.29 is 4.42 Å². The Labute approximate surface area is 353 Å². The van der Waals surface area contributed by atoms with Gasteiger partial charge in [0.15, 0.2) is 0 Å². The number of furan rings is 1. The fourth-order valence-corrected chi connectivity index (χ4v) is 9.44. The molecule has 0 aliphatic carbocycles. The van der Waals surface area contributed by atoms with Crippen molar-refractivity contribution in [1.82, 2.24) is 4.57 Å². The zero-order valence-electron chi connectivity index (χ0n) is 33.2. The van der Waals surface area contributed by atoms with Crippen LogP contribution in [-0.4, -0.2) is 4.57 Å². The number of nitrogens with zero attached hydrogens (tertiary/aromatic N) is 2. The van der Waals surface area contributed by atoms with Crippen LogP contribution in [0.5, 0.6) is 0 Å². The van der Waals surface area contributed by atoms with Gasteiger partial charge in [0.25, 0.3) is 0 Å². The van der Waals surface area contributed by atoms with Gasteiger partial charge in [-0.15, -0.1) is 0 Å². The van der Waals surface area contributed by atoms with E-state index in [-0.39, 0.29) is 0 Å². The number of hydrogen-bond donors (Lipinski definition) is 0. The fourth-order valence-electron chi connectivity index (χ4n) is 9.44. The molecule has 0 radical (unpaired) electrons. The van der Waals surface area contributed by atoms with Gasteiger partial charge in [-0.05, 0) is 99.9 Å². The normalized spacial score (nSPS) is 11.6. The van der Waals surface area contributed by atoms with Gasteiger partial charge in [0, 0.05) is 49.6 Å². The average Bonchev–Trinajstić information content (AvgIpc) is 3.90. The predicted molar refractivity (Wildman–Crippen MR) is 257 cm³/mol. The highest BCUT2D eigenvalue weighted by molar-refractivity contribution is 6.24. The molecule has 0 bridgehead atoms. The molecule has 0 N–H and O–H groups in total. The molecule has 0 aliphatic heterocycles. The van der Waals surface area contributed by atoms with Crippen molar-refractivity contribution in [3.63, 3.8) is 0 Å². The topological polar surface area (TPSA) is 21.3 Å². The van der Waals surface area contributed by atoms with Crippen molar-refractivity contribution in [2.45, 2.75) is 0 Å². The molecule has 0 unspecified atom stereocenters. The number of anilines is 3. The van der Waals surface area contributed by atoms with Crippen LogP contribution in [0.25, 0.3) is 93.6 Å². The lowest BCUT2D eigenvalue weighted by atomic mass is 9.96. The Bertz CT molecular complexity index is 3550. The third-order valence-electron chi connectivity index (χ3n) is 12.2. The molecule has 3 nitrogen and oxygen atoms in total.